The number of carbonyl (C=O) groups is 1. The second-order valence-electron chi connectivity index (χ2n) is 6.56. The number of nitrogens with zero attached hydrogens (tertiary/aromatic N) is 2. The Bertz CT molecular complexity index is 1070. The first-order valence-electron chi connectivity index (χ1n) is 9.45. The van der Waals surface area contributed by atoms with Crippen LogP contribution in [-0.4, -0.2) is 42.3 Å². The molecule has 0 fully saturated rings. The average molecular weight is 416 g/mol. The maximum Gasteiger partial charge on any atom is 0.263 e. The molecule has 0 aliphatic carbocycles. The van der Waals surface area contributed by atoms with Gasteiger partial charge >= 0.3 is 0 Å². The number of carbonyl (C=O) groups excluding carboxylic acids is 1. The molecule has 0 bridgehead atoms. The standard InChI is InChI=1S/C21H25N3O4S/c1-5-28-16-8-6-15(7-9-16)18-13(2)29-20-19(18)21(26)24(14(3)23-20)12-17(25)22-10-11-27-4/h6-9H,5,10-12H2,1-4H3,(H,22,25). The molecular formula is C21H25N3O4S. The SMILES string of the molecule is CCOc1ccc(-c2c(C)sc3nc(C)n(CC(=O)NCCOC)c(=O)c23)cc1. The van der Waals surface area contributed by atoms with Crippen molar-refractivity contribution in [3.8, 4) is 16.9 Å². The topological polar surface area (TPSA) is 82.5 Å². The molecule has 0 atom stereocenters. The molecule has 7 nitrogen and oxygen atoms in total. The van der Waals surface area contributed by atoms with E-state index in [1.807, 2.05) is 38.1 Å². The summed E-state index contributed by atoms with van der Waals surface area (Å²) >= 11 is 1.49. The van der Waals surface area contributed by atoms with Gasteiger partial charge in [-0.15, -0.1) is 11.3 Å². The minimum atomic E-state index is -0.247. The summed E-state index contributed by atoms with van der Waals surface area (Å²) in [6.45, 7) is 7.00. The molecule has 2 aromatic heterocycles. The number of fused-ring (bicyclic) bond motifs is 1. The monoisotopic (exact) mass is 415 g/mol. The largest absolute Gasteiger partial charge is 0.494 e. The minimum Gasteiger partial charge on any atom is -0.494 e. The summed E-state index contributed by atoms with van der Waals surface area (Å²) in [5.41, 5.74) is 1.58. The summed E-state index contributed by atoms with van der Waals surface area (Å²) in [5.74, 6) is 1.06. The van der Waals surface area contributed by atoms with Crippen molar-refractivity contribution in [1.82, 2.24) is 14.9 Å². The number of amides is 1. The molecular weight excluding hydrogens is 390 g/mol. The van der Waals surface area contributed by atoms with Gasteiger partial charge in [0.05, 0.1) is 18.6 Å². The van der Waals surface area contributed by atoms with Crippen LogP contribution in [0.1, 0.15) is 17.6 Å². The molecule has 0 spiro atoms. The highest BCUT2D eigenvalue weighted by molar-refractivity contribution is 7.19. The lowest BCUT2D eigenvalue weighted by atomic mass is 10.0. The third kappa shape index (κ3) is 4.49. The van der Waals surface area contributed by atoms with Gasteiger partial charge < -0.3 is 14.8 Å². The molecule has 154 valence electrons. The Morgan fingerprint density at radius 3 is 2.62 bits per heavy atom. The molecule has 3 aromatic rings. The van der Waals surface area contributed by atoms with Gasteiger partial charge in [-0.3, -0.25) is 14.2 Å². The van der Waals surface area contributed by atoms with E-state index >= 15 is 0 Å². The van der Waals surface area contributed by atoms with Crippen molar-refractivity contribution in [3.05, 3.63) is 45.3 Å². The van der Waals surface area contributed by atoms with Crippen LogP contribution in [0, 0.1) is 13.8 Å². The van der Waals surface area contributed by atoms with Crippen LogP contribution in [0.5, 0.6) is 5.75 Å². The van der Waals surface area contributed by atoms with Gasteiger partial charge in [0.1, 0.15) is 22.9 Å². The van der Waals surface area contributed by atoms with Crippen molar-refractivity contribution in [2.24, 2.45) is 0 Å². The molecule has 1 aromatic carbocycles. The van der Waals surface area contributed by atoms with Crippen LogP contribution < -0.4 is 15.6 Å². The first-order valence-corrected chi connectivity index (χ1v) is 10.3. The molecule has 0 aliphatic heterocycles. The maximum absolute atomic E-state index is 13.3. The van der Waals surface area contributed by atoms with E-state index in [2.05, 4.69) is 10.3 Å². The lowest BCUT2D eigenvalue weighted by Crippen LogP contribution is -2.35. The van der Waals surface area contributed by atoms with Crippen molar-refractivity contribution in [3.63, 3.8) is 0 Å². The number of aromatic nitrogens is 2. The van der Waals surface area contributed by atoms with Crippen LogP contribution in [0.25, 0.3) is 21.3 Å². The molecule has 0 radical (unpaired) electrons. The van der Waals surface area contributed by atoms with Crippen LogP contribution in [0.4, 0.5) is 0 Å². The first kappa shape index (κ1) is 21.0. The van der Waals surface area contributed by atoms with E-state index in [-0.39, 0.29) is 18.0 Å². The van der Waals surface area contributed by atoms with E-state index in [1.54, 1.807) is 14.0 Å². The number of nitrogens with one attached hydrogen (secondary N) is 1. The Balaban J connectivity index is 2.03. The number of methoxy groups -OCH3 is 1. The maximum atomic E-state index is 13.3. The van der Waals surface area contributed by atoms with Gasteiger partial charge in [0.2, 0.25) is 5.91 Å². The van der Waals surface area contributed by atoms with Gasteiger partial charge in [0, 0.05) is 24.1 Å². The highest BCUT2D eigenvalue weighted by Gasteiger charge is 2.19. The zero-order valence-corrected chi connectivity index (χ0v) is 17.9. The van der Waals surface area contributed by atoms with Gasteiger partial charge in [-0.05, 0) is 38.5 Å². The molecule has 0 saturated heterocycles. The molecule has 2 heterocycles. The van der Waals surface area contributed by atoms with Crippen molar-refractivity contribution in [1.29, 1.82) is 0 Å². The van der Waals surface area contributed by atoms with E-state index in [9.17, 15) is 9.59 Å². The lowest BCUT2D eigenvalue weighted by molar-refractivity contribution is -0.121. The summed E-state index contributed by atoms with van der Waals surface area (Å²) in [6, 6.07) is 7.68. The molecule has 3 rings (SSSR count). The number of ether oxygens (including phenoxy) is 2. The summed E-state index contributed by atoms with van der Waals surface area (Å²) in [7, 11) is 1.57. The summed E-state index contributed by atoms with van der Waals surface area (Å²) in [4.78, 5) is 31.8. The number of hydrogen-bond acceptors (Lipinski definition) is 6. The van der Waals surface area contributed by atoms with E-state index in [1.165, 1.54) is 15.9 Å². The van der Waals surface area contributed by atoms with Crippen LogP contribution in [0.3, 0.4) is 0 Å². The van der Waals surface area contributed by atoms with E-state index < -0.39 is 0 Å². The average Bonchev–Trinajstić information content (AvgIpc) is 3.02. The number of hydrogen-bond donors (Lipinski definition) is 1. The van der Waals surface area contributed by atoms with Crippen LogP contribution in [0.2, 0.25) is 0 Å². The molecule has 0 saturated carbocycles. The second-order valence-corrected chi connectivity index (χ2v) is 7.77. The van der Waals surface area contributed by atoms with E-state index in [0.29, 0.717) is 35.8 Å². The van der Waals surface area contributed by atoms with E-state index in [4.69, 9.17) is 9.47 Å². The summed E-state index contributed by atoms with van der Waals surface area (Å²) < 4.78 is 11.9. The van der Waals surface area contributed by atoms with Crippen LogP contribution >= 0.6 is 11.3 Å². The predicted octanol–water partition coefficient (Wildman–Crippen LogP) is 2.90. The Morgan fingerprint density at radius 2 is 1.97 bits per heavy atom. The Morgan fingerprint density at radius 1 is 1.24 bits per heavy atom. The van der Waals surface area contributed by atoms with Crippen molar-refractivity contribution in [2.45, 2.75) is 27.3 Å². The number of thiophene rings is 1. The van der Waals surface area contributed by atoms with Gasteiger partial charge in [-0.2, -0.15) is 0 Å². The van der Waals surface area contributed by atoms with Gasteiger partial charge in [-0.1, -0.05) is 12.1 Å². The zero-order valence-electron chi connectivity index (χ0n) is 17.1. The van der Waals surface area contributed by atoms with Crippen molar-refractivity contribution in [2.75, 3.05) is 26.9 Å². The summed E-state index contributed by atoms with van der Waals surface area (Å²) in [5, 5.41) is 3.29. The molecule has 0 aliphatic rings. The fourth-order valence-electron chi connectivity index (χ4n) is 3.21. The molecule has 1 N–H and O–H groups in total. The Hall–Kier alpha value is -2.71. The Kier molecular flexibility index (Phi) is 6.66. The Labute approximate surface area is 173 Å². The third-order valence-corrected chi connectivity index (χ3v) is 5.56. The normalized spacial score (nSPS) is 11.0. The molecule has 8 heteroatoms. The molecule has 0 unspecified atom stereocenters. The third-order valence-electron chi connectivity index (χ3n) is 4.56. The van der Waals surface area contributed by atoms with Crippen molar-refractivity contribution < 1.29 is 14.3 Å². The highest BCUT2D eigenvalue weighted by atomic mass is 32.1. The number of benzene rings is 1. The molecule has 1 amide bonds. The van der Waals surface area contributed by atoms with Crippen LogP contribution in [-0.2, 0) is 16.1 Å². The predicted molar refractivity (Wildman–Crippen MR) is 115 cm³/mol. The quantitative estimate of drug-likeness (QED) is 0.572. The van der Waals surface area contributed by atoms with E-state index in [0.717, 1.165) is 21.8 Å². The highest BCUT2D eigenvalue weighted by Crippen LogP contribution is 2.36. The fraction of sp³-hybridized carbons (Fsp3) is 0.381. The molecule has 29 heavy (non-hydrogen) atoms. The zero-order chi connectivity index (χ0) is 21.0. The fourth-order valence-corrected chi connectivity index (χ4v) is 4.29. The van der Waals surface area contributed by atoms with Crippen LogP contribution in [0.15, 0.2) is 29.1 Å². The van der Waals surface area contributed by atoms with Gasteiger partial charge in [0.15, 0.2) is 0 Å². The minimum absolute atomic E-state index is 0.0745. The van der Waals surface area contributed by atoms with Gasteiger partial charge in [-0.25, -0.2) is 4.98 Å². The smallest absolute Gasteiger partial charge is 0.263 e. The lowest BCUT2D eigenvalue weighted by Gasteiger charge is -2.11. The number of rotatable bonds is 8. The number of aryl methyl sites for hydroxylation is 2. The van der Waals surface area contributed by atoms with Gasteiger partial charge in [0.25, 0.3) is 5.56 Å². The summed E-state index contributed by atoms with van der Waals surface area (Å²) in [6.07, 6.45) is 0. The van der Waals surface area contributed by atoms with Crippen molar-refractivity contribution >= 4 is 27.5 Å². The first-order chi connectivity index (χ1) is 14.0. The second kappa shape index (κ2) is 9.19.